The Balaban J connectivity index is 0.000000285. The number of carbonyl (C=O) groups is 1. The Kier molecular flexibility index (Phi) is 8.30. The topological polar surface area (TPSA) is 112 Å². The van der Waals surface area contributed by atoms with Gasteiger partial charge in [-0.05, 0) is 24.3 Å². The van der Waals surface area contributed by atoms with Crippen molar-refractivity contribution in [2.24, 2.45) is 11.5 Å². The van der Waals surface area contributed by atoms with E-state index in [0.29, 0.717) is 24.5 Å². The zero-order valence-electron chi connectivity index (χ0n) is 16.7. The Labute approximate surface area is 177 Å². The molecular weight excluding hydrogens is 413 g/mol. The van der Waals surface area contributed by atoms with E-state index < -0.39 is 17.6 Å². The van der Waals surface area contributed by atoms with Crippen molar-refractivity contribution < 1.29 is 27.4 Å². The van der Waals surface area contributed by atoms with Gasteiger partial charge in [-0.3, -0.25) is 9.78 Å². The lowest BCUT2D eigenvalue weighted by Crippen LogP contribution is -2.35. The molecule has 1 unspecified atom stereocenters. The first kappa shape index (κ1) is 23.6. The van der Waals surface area contributed by atoms with Crippen LogP contribution in [0.1, 0.15) is 23.7 Å². The highest BCUT2D eigenvalue weighted by Gasteiger charge is 2.29. The highest BCUT2D eigenvalue weighted by molar-refractivity contribution is 5.93. The lowest BCUT2D eigenvalue weighted by Gasteiger charge is -2.25. The van der Waals surface area contributed by atoms with Crippen molar-refractivity contribution in [2.45, 2.75) is 18.6 Å². The van der Waals surface area contributed by atoms with Gasteiger partial charge in [-0.15, -0.1) is 0 Å². The quantitative estimate of drug-likeness (QED) is 0.386. The van der Waals surface area contributed by atoms with Crippen LogP contribution in [0.15, 0.2) is 72.4 Å². The van der Waals surface area contributed by atoms with Gasteiger partial charge in [-0.25, -0.2) is 0 Å². The Bertz CT molecular complexity index is 931. The van der Waals surface area contributed by atoms with Gasteiger partial charge in [0.15, 0.2) is 5.88 Å². The fourth-order valence-corrected chi connectivity index (χ4v) is 2.53. The van der Waals surface area contributed by atoms with Crippen LogP contribution in [0.2, 0.25) is 0 Å². The standard InChI is InChI=1S/C14H18N4O3.C7H5F3/c1-20-12(16)5-4-9(15)14(19)18-10-6-8-21-11-3-2-7-17-13(10)11;8-7(9,10)6-4-2-1-3-5-6/h2-5,7,10H,6,8,15-16H2,1H3,(H,18,19);1-5H/b9-4-,12-5+;. The minimum atomic E-state index is -4.21. The van der Waals surface area contributed by atoms with E-state index in [-0.39, 0.29) is 17.6 Å². The average molecular weight is 436 g/mol. The highest BCUT2D eigenvalue weighted by Crippen LogP contribution is 2.29. The lowest BCUT2D eigenvalue weighted by atomic mass is 10.1. The van der Waals surface area contributed by atoms with Gasteiger partial charge < -0.3 is 26.3 Å². The number of carbonyl (C=O) groups excluding carboxylic acids is 1. The van der Waals surface area contributed by atoms with Crippen molar-refractivity contribution in [3.63, 3.8) is 0 Å². The molecule has 1 aromatic heterocycles. The average Bonchev–Trinajstić information content (AvgIpc) is 2.78. The molecule has 0 saturated heterocycles. The molecule has 10 heteroatoms. The fourth-order valence-electron chi connectivity index (χ4n) is 2.53. The van der Waals surface area contributed by atoms with E-state index in [1.165, 1.54) is 31.4 Å². The number of methoxy groups -OCH3 is 1. The van der Waals surface area contributed by atoms with Crippen LogP contribution in [0.5, 0.6) is 5.75 Å². The van der Waals surface area contributed by atoms with Gasteiger partial charge in [0, 0.05) is 12.6 Å². The second-order valence-electron chi connectivity index (χ2n) is 6.31. The summed E-state index contributed by atoms with van der Waals surface area (Å²) in [4.78, 5) is 16.3. The van der Waals surface area contributed by atoms with Crippen LogP contribution in [0.25, 0.3) is 0 Å². The third-order valence-electron chi connectivity index (χ3n) is 4.13. The van der Waals surface area contributed by atoms with Crippen molar-refractivity contribution in [2.75, 3.05) is 13.7 Å². The van der Waals surface area contributed by atoms with Crippen LogP contribution in [0.3, 0.4) is 0 Å². The molecule has 0 spiro atoms. The van der Waals surface area contributed by atoms with Crippen LogP contribution < -0.4 is 21.5 Å². The molecule has 1 atom stereocenters. The number of benzene rings is 1. The normalized spacial score (nSPS) is 16.2. The molecule has 0 saturated carbocycles. The highest BCUT2D eigenvalue weighted by atomic mass is 19.4. The molecule has 7 nitrogen and oxygen atoms in total. The number of hydrogen-bond acceptors (Lipinski definition) is 6. The monoisotopic (exact) mass is 436 g/mol. The molecule has 31 heavy (non-hydrogen) atoms. The van der Waals surface area contributed by atoms with Gasteiger partial charge >= 0.3 is 6.18 Å². The molecule has 2 aromatic rings. The molecule has 1 aliphatic rings. The molecule has 3 rings (SSSR count). The Morgan fingerprint density at radius 2 is 1.90 bits per heavy atom. The van der Waals surface area contributed by atoms with Gasteiger partial charge in [-0.2, -0.15) is 13.2 Å². The molecule has 1 aliphatic heterocycles. The molecule has 2 heterocycles. The Hall–Kier alpha value is -3.69. The van der Waals surface area contributed by atoms with Gasteiger partial charge in [0.05, 0.1) is 31.0 Å². The number of aromatic nitrogens is 1. The summed E-state index contributed by atoms with van der Waals surface area (Å²) in [5, 5.41) is 2.83. The van der Waals surface area contributed by atoms with Crippen molar-refractivity contribution in [3.8, 4) is 5.75 Å². The number of fused-ring (bicyclic) bond motifs is 1. The first-order valence-electron chi connectivity index (χ1n) is 9.20. The molecule has 0 aliphatic carbocycles. The first-order valence-corrected chi connectivity index (χ1v) is 9.20. The van der Waals surface area contributed by atoms with E-state index in [1.54, 1.807) is 18.3 Å². The number of ether oxygens (including phenoxy) is 2. The zero-order valence-corrected chi connectivity index (χ0v) is 16.7. The second kappa shape index (κ2) is 10.9. The molecular formula is C21H23F3N4O3. The van der Waals surface area contributed by atoms with Crippen molar-refractivity contribution in [1.82, 2.24) is 10.3 Å². The maximum absolute atomic E-state index is 12.0. The Morgan fingerprint density at radius 1 is 1.19 bits per heavy atom. The van der Waals surface area contributed by atoms with Crippen LogP contribution in [-0.4, -0.2) is 24.6 Å². The fraction of sp³-hybridized carbons (Fsp3) is 0.238. The van der Waals surface area contributed by atoms with Crippen molar-refractivity contribution in [1.29, 1.82) is 0 Å². The second-order valence-corrected chi connectivity index (χ2v) is 6.31. The van der Waals surface area contributed by atoms with Crippen LogP contribution >= 0.6 is 0 Å². The van der Waals surface area contributed by atoms with Gasteiger partial charge in [-0.1, -0.05) is 30.3 Å². The summed E-state index contributed by atoms with van der Waals surface area (Å²) in [5.74, 6) is 0.461. The number of hydrogen-bond donors (Lipinski definition) is 3. The van der Waals surface area contributed by atoms with E-state index >= 15 is 0 Å². The molecule has 5 N–H and O–H groups in total. The summed E-state index contributed by atoms with van der Waals surface area (Å²) >= 11 is 0. The number of nitrogens with one attached hydrogen (secondary N) is 1. The molecule has 166 valence electrons. The van der Waals surface area contributed by atoms with Crippen LogP contribution in [0, 0.1) is 0 Å². The van der Waals surface area contributed by atoms with E-state index in [4.69, 9.17) is 20.9 Å². The predicted octanol–water partition coefficient (Wildman–Crippen LogP) is 3.02. The number of amides is 1. The van der Waals surface area contributed by atoms with Crippen molar-refractivity contribution in [3.05, 3.63) is 83.7 Å². The zero-order chi connectivity index (χ0) is 22.9. The van der Waals surface area contributed by atoms with E-state index in [2.05, 4.69) is 10.3 Å². The summed E-state index contributed by atoms with van der Waals surface area (Å²) in [6.07, 6.45) is 0.909. The van der Waals surface area contributed by atoms with Crippen LogP contribution in [0.4, 0.5) is 13.2 Å². The van der Waals surface area contributed by atoms with Gasteiger partial charge in [0.25, 0.3) is 5.91 Å². The Morgan fingerprint density at radius 3 is 2.52 bits per heavy atom. The number of nitrogens with two attached hydrogens (primary N) is 2. The smallest absolute Gasteiger partial charge is 0.416 e. The van der Waals surface area contributed by atoms with E-state index in [1.807, 2.05) is 6.07 Å². The lowest BCUT2D eigenvalue weighted by molar-refractivity contribution is -0.137. The summed E-state index contributed by atoms with van der Waals surface area (Å²) < 4.78 is 45.6. The first-order chi connectivity index (χ1) is 14.7. The maximum Gasteiger partial charge on any atom is 0.416 e. The minimum absolute atomic E-state index is 0.0407. The molecule has 1 amide bonds. The SMILES string of the molecule is CO/C(N)=C/C=C(\N)C(=O)NC1CCOc2cccnc21.FC(F)(F)c1ccccc1. The van der Waals surface area contributed by atoms with Gasteiger partial charge in [0.2, 0.25) is 0 Å². The van der Waals surface area contributed by atoms with E-state index in [0.717, 1.165) is 12.1 Å². The van der Waals surface area contributed by atoms with Crippen molar-refractivity contribution >= 4 is 5.91 Å². The molecule has 0 fully saturated rings. The largest absolute Gasteiger partial charge is 0.491 e. The molecule has 0 radical (unpaired) electrons. The van der Waals surface area contributed by atoms with Gasteiger partial charge in [0.1, 0.15) is 11.4 Å². The van der Waals surface area contributed by atoms with Crippen LogP contribution in [-0.2, 0) is 15.7 Å². The number of nitrogens with zero attached hydrogens (tertiary/aromatic N) is 1. The molecule has 1 aromatic carbocycles. The number of rotatable bonds is 4. The predicted molar refractivity (Wildman–Crippen MR) is 108 cm³/mol. The number of allylic oxidation sites excluding steroid dienone is 2. The summed E-state index contributed by atoms with van der Waals surface area (Å²) in [7, 11) is 1.43. The summed E-state index contributed by atoms with van der Waals surface area (Å²) in [6.45, 7) is 0.518. The third-order valence-corrected chi connectivity index (χ3v) is 4.13. The number of pyridine rings is 1. The number of alkyl halides is 3. The third kappa shape index (κ3) is 7.25. The number of halogens is 3. The summed E-state index contributed by atoms with van der Waals surface area (Å²) in [6, 6.07) is 9.75. The maximum atomic E-state index is 12.0. The summed E-state index contributed by atoms with van der Waals surface area (Å²) in [5.41, 5.74) is 11.3. The minimum Gasteiger partial charge on any atom is -0.491 e. The molecule has 0 bridgehead atoms. The van der Waals surface area contributed by atoms with E-state index in [9.17, 15) is 18.0 Å².